The monoisotopic (exact) mass is 473 g/mol. The molecule has 174 valence electrons. The third-order valence-electron chi connectivity index (χ3n) is 6.50. The highest BCUT2D eigenvalue weighted by Crippen LogP contribution is 2.35. The zero-order valence-corrected chi connectivity index (χ0v) is 20.0. The lowest BCUT2D eigenvalue weighted by atomic mass is 10.1. The highest BCUT2D eigenvalue weighted by molar-refractivity contribution is 8.18. The second-order valence-corrected chi connectivity index (χ2v) is 9.71. The largest absolute Gasteiger partial charge is 0.341 e. The van der Waals surface area contributed by atoms with Crippen LogP contribution >= 0.6 is 11.8 Å². The van der Waals surface area contributed by atoms with Crippen molar-refractivity contribution in [1.29, 1.82) is 0 Å². The molecule has 0 spiro atoms. The zero-order valence-electron chi connectivity index (χ0n) is 19.2. The Morgan fingerprint density at radius 2 is 1.79 bits per heavy atom. The molecule has 2 fully saturated rings. The van der Waals surface area contributed by atoms with Gasteiger partial charge in [-0.15, -0.1) is 0 Å². The summed E-state index contributed by atoms with van der Waals surface area (Å²) in [4.78, 5) is 42.2. The highest BCUT2D eigenvalue weighted by atomic mass is 32.2. The van der Waals surface area contributed by atoms with Crippen LogP contribution in [0.1, 0.15) is 36.5 Å². The second kappa shape index (κ2) is 9.50. The van der Waals surface area contributed by atoms with E-state index in [1.165, 1.54) is 4.90 Å². The van der Waals surface area contributed by atoms with Gasteiger partial charge in [-0.05, 0) is 48.2 Å². The zero-order chi connectivity index (χ0) is 23.7. The molecule has 2 saturated heterocycles. The van der Waals surface area contributed by atoms with E-state index in [0.29, 0.717) is 4.91 Å². The minimum absolute atomic E-state index is 0.120. The predicted molar refractivity (Wildman–Crippen MR) is 135 cm³/mol. The molecule has 0 saturated carbocycles. The lowest BCUT2D eigenvalue weighted by Gasteiger charge is -2.16. The van der Waals surface area contributed by atoms with Crippen molar-refractivity contribution in [3.05, 3.63) is 76.3 Å². The molecule has 2 aliphatic heterocycles. The van der Waals surface area contributed by atoms with Crippen molar-refractivity contribution in [2.45, 2.75) is 39.3 Å². The highest BCUT2D eigenvalue weighted by Gasteiger charge is 2.35. The number of hydrogen-bond donors (Lipinski definition) is 0. The van der Waals surface area contributed by atoms with Gasteiger partial charge in [0.1, 0.15) is 6.54 Å². The lowest BCUT2D eigenvalue weighted by Crippen LogP contribution is -2.30. The fourth-order valence-corrected chi connectivity index (χ4v) is 5.58. The Morgan fingerprint density at radius 1 is 1.03 bits per heavy atom. The molecule has 0 unspecified atom stereocenters. The van der Waals surface area contributed by atoms with Gasteiger partial charge >= 0.3 is 0 Å². The maximum absolute atomic E-state index is 13.1. The Morgan fingerprint density at radius 3 is 2.53 bits per heavy atom. The fraction of sp³-hybridized carbons (Fsp3) is 0.296. The maximum atomic E-state index is 13.1. The minimum atomic E-state index is -0.278. The third-order valence-corrected chi connectivity index (χ3v) is 7.41. The van der Waals surface area contributed by atoms with Gasteiger partial charge in [-0.3, -0.25) is 19.3 Å². The number of amides is 3. The average molecular weight is 474 g/mol. The number of imide groups is 1. The fourth-order valence-electron chi connectivity index (χ4n) is 4.75. The molecule has 5 rings (SSSR count). The number of aryl methyl sites for hydroxylation is 1. The smallest absolute Gasteiger partial charge is 0.293 e. The average Bonchev–Trinajstić information content (AvgIpc) is 3.56. The van der Waals surface area contributed by atoms with E-state index < -0.39 is 0 Å². The van der Waals surface area contributed by atoms with Crippen LogP contribution in [-0.2, 0) is 29.1 Å². The van der Waals surface area contributed by atoms with E-state index in [0.717, 1.165) is 71.7 Å². The van der Waals surface area contributed by atoms with Crippen LogP contribution in [0.25, 0.3) is 17.0 Å². The lowest BCUT2D eigenvalue weighted by molar-refractivity contribution is -0.130. The van der Waals surface area contributed by atoms with Crippen molar-refractivity contribution in [3.8, 4) is 0 Å². The summed E-state index contributed by atoms with van der Waals surface area (Å²) in [5.74, 6) is -0.158. The summed E-state index contributed by atoms with van der Waals surface area (Å²) in [6.45, 7) is 4.27. The Balaban J connectivity index is 1.48. The van der Waals surface area contributed by atoms with E-state index in [1.54, 1.807) is 6.08 Å². The Hall–Kier alpha value is -3.32. The first-order valence-corrected chi connectivity index (χ1v) is 12.5. The molecule has 1 aromatic heterocycles. The number of para-hydroxylation sites is 1. The number of nitrogens with zero attached hydrogens (tertiary/aromatic N) is 3. The van der Waals surface area contributed by atoms with Crippen LogP contribution in [0.5, 0.6) is 0 Å². The topological polar surface area (TPSA) is 62.6 Å². The summed E-state index contributed by atoms with van der Waals surface area (Å²) >= 11 is 0.972. The maximum Gasteiger partial charge on any atom is 0.293 e. The molecule has 7 heteroatoms. The molecule has 0 radical (unpaired) electrons. The van der Waals surface area contributed by atoms with Crippen molar-refractivity contribution in [2.24, 2.45) is 0 Å². The van der Waals surface area contributed by atoms with Gasteiger partial charge in [-0.2, -0.15) is 0 Å². The van der Waals surface area contributed by atoms with E-state index in [2.05, 4.69) is 13.0 Å². The molecule has 0 bridgehead atoms. The quantitative estimate of drug-likeness (QED) is 0.470. The molecule has 0 aliphatic carbocycles. The van der Waals surface area contributed by atoms with Gasteiger partial charge < -0.3 is 9.47 Å². The molecule has 2 aliphatic rings. The van der Waals surface area contributed by atoms with Crippen LogP contribution in [0.4, 0.5) is 4.79 Å². The van der Waals surface area contributed by atoms with E-state index in [-0.39, 0.29) is 30.1 Å². The van der Waals surface area contributed by atoms with Crippen molar-refractivity contribution < 1.29 is 14.4 Å². The molecule has 3 amide bonds. The number of aromatic nitrogens is 1. The van der Waals surface area contributed by atoms with Crippen molar-refractivity contribution in [2.75, 3.05) is 13.1 Å². The number of benzene rings is 2. The summed E-state index contributed by atoms with van der Waals surface area (Å²) < 4.78 is 2.01. The van der Waals surface area contributed by atoms with Crippen molar-refractivity contribution in [1.82, 2.24) is 14.4 Å². The van der Waals surface area contributed by atoms with Gasteiger partial charge in [-0.25, -0.2) is 0 Å². The van der Waals surface area contributed by atoms with Gasteiger partial charge in [0.15, 0.2) is 0 Å². The van der Waals surface area contributed by atoms with Crippen LogP contribution in [0, 0.1) is 0 Å². The molecule has 34 heavy (non-hydrogen) atoms. The van der Waals surface area contributed by atoms with E-state index in [1.807, 2.05) is 58.1 Å². The number of carbonyl (C=O) groups is 3. The summed E-state index contributed by atoms with van der Waals surface area (Å²) in [6.07, 6.45) is 6.70. The Kier molecular flexibility index (Phi) is 6.28. The van der Waals surface area contributed by atoms with Crippen LogP contribution in [0.3, 0.4) is 0 Å². The van der Waals surface area contributed by atoms with Crippen molar-refractivity contribution in [3.63, 3.8) is 0 Å². The number of hydrogen-bond acceptors (Lipinski definition) is 4. The molecule has 3 aromatic rings. The first-order valence-electron chi connectivity index (χ1n) is 11.7. The first-order chi connectivity index (χ1) is 16.5. The molecule has 2 aromatic carbocycles. The molecular weight excluding hydrogens is 446 g/mol. The molecule has 0 atom stereocenters. The molecular formula is C27H27N3O3S. The predicted octanol–water partition coefficient (Wildman–Crippen LogP) is 5.06. The third kappa shape index (κ3) is 4.28. The van der Waals surface area contributed by atoms with Crippen LogP contribution in [0.2, 0.25) is 0 Å². The van der Waals surface area contributed by atoms with Crippen LogP contribution in [0.15, 0.2) is 59.6 Å². The van der Waals surface area contributed by atoms with Crippen LogP contribution in [-0.4, -0.2) is 44.5 Å². The normalized spacial score (nSPS) is 17.5. The number of thioether (sulfide) groups is 1. The van der Waals surface area contributed by atoms with Gasteiger partial charge in [0.25, 0.3) is 11.1 Å². The SMILES string of the molecule is CCc1cccc2c(/C=C3\SC(=O)N(Cc4ccccc4)C3=O)cn(CC(=O)N3CCCC3)c12. The van der Waals surface area contributed by atoms with Gasteiger partial charge in [0, 0.05) is 30.2 Å². The number of fused-ring (bicyclic) bond motifs is 1. The minimum Gasteiger partial charge on any atom is -0.341 e. The Labute approximate surface area is 203 Å². The summed E-state index contributed by atoms with van der Waals surface area (Å²) in [5.41, 5.74) is 3.94. The standard InChI is InChI=1S/C27H27N3O3S/c1-2-20-11-8-12-22-21(17-29(25(20)22)18-24(31)28-13-6-7-14-28)15-23-26(32)30(27(33)34-23)16-19-9-4-3-5-10-19/h3-5,8-12,15,17H,2,6-7,13-14,16,18H2,1H3/b23-15-. The molecule has 3 heterocycles. The van der Waals surface area contributed by atoms with E-state index in [9.17, 15) is 14.4 Å². The van der Waals surface area contributed by atoms with Gasteiger partial charge in [0.05, 0.1) is 17.0 Å². The number of likely N-dealkylation sites (tertiary alicyclic amines) is 1. The van der Waals surface area contributed by atoms with Crippen molar-refractivity contribution >= 4 is 45.8 Å². The summed E-state index contributed by atoms with van der Waals surface area (Å²) in [5, 5.41) is 0.728. The Bertz CT molecular complexity index is 1290. The molecule has 6 nitrogen and oxygen atoms in total. The van der Waals surface area contributed by atoms with Gasteiger partial charge in [-0.1, -0.05) is 55.5 Å². The first kappa shape index (κ1) is 22.5. The number of rotatable bonds is 6. The van der Waals surface area contributed by atoms with E-state index >= 15 is 0 Å². The summed E-state index contributed by atoms with van der Waals surface area (Å²) in [6, 6.07) is 15.6. The number of carbonyl (C=O) groups excluding carboxylic acids is 3. The van der Waals surface area contributed by atoms with Gasteiger partial charge in [0.2, 0.25) is 5.91 Å². The van der Waals surface area contributed by atoms with Crippen LogP contribution < -0.4 is 0 Å². The second-order valence-electron chi connectivity index (χ2n) is 8.72. The molecule has 0 N–H and O–H groups in total. The van der Waals surface area contributed by atoms with E-state index in [4.69, 9.17) is 0 Å². The summed E-state index contributed by atoms with van der Waals surface area (Å²) in [7, 11) is 0.